The summed E-state index contributed by atoms with van der Waals surface area (Å²) in [5.41, 5.74) is 1.57. The van der Waals surface area contributed by atoms with E-state index in [9.17, 15) is 13.2 Å². The summed E-state index contributed by atoms with van der Waals surface area (Å²) in [6, 6.07) is 10.2. The largest absolute Gasteiger partial charge is 0.370 e. The summed E-state index contributed by atoms with van der Waals surface area (Å²) in [5, 5.41) is 11.4. The fourth-order valence-corrected chi connectivity index (χ4v) is 3.70. The van der Waals surface area contributed by atoms with Crippen LogP contribution in [0.4, 0.5) is 5.82 Å². The summed E-state index contributed by atoms with van der Waals surface area (Å²) in [5.74, 6) is 0.571. The zero-order chi connectivity index (χ0) is 19.3. The Kier molecular flexibility index (Phi) is 6.08. The zero-order valence-corrected chi connectivity index (χ0v) is 15.8. The number of nitrogens with two attached hydrogens (primary N) is 1. The van der Waals surface area contributed by atoms with E-state index in [0.717, 1.165) is 18.4 Å². The first-order chi connectivity index (χ1) is 12.9. The van der Waals surface area contributed by atoms with Crippen molar-refractivity contribution in [3.05, 3.63) is 53.7 Å². The number of amides is 1. The molecule has 144 valence electrons. The quantitative estimate of drug-likeness (QED) is 0.672. The topological polar surface area (TPSA) is 114 Å². The average molecular weight is 388 g/mol. The number of aromatic nitrogens is 1. The van der Waals surface area contributed by atoms with E-state index in [0.29, 0.717) is 24.3 Å². The van der Waals surface area contributed by atoms with Gasteiger partial charge in [-0.05, 0) is 49.1 Å². The van der Waals surface area contributed by atoms with Gasteiger partial charge in [0.25, 0.3) is 5.91 Å². The summed E-state index contributed by atoms with van der Waals surface area (Å²) >= 11 is 0. The number of anilines is 1. The van der Waals surface area contributed by atoms with Gasteiger partial charge in [-0.1, -0.05) is 25.0 Å². The van der Waals surface area contributed by atoms with Crippen LogP contribution in [0.2, 0.25) is 0 Å². The zero-order valence-electron chi connectivity index (χ0n) is 15.0. The highest BCUT2D eigenvalue weighted by Crippen LogP contribution is 2.18. The molecule has 1 aliphatic rings. The van der Waals surface area contributed by atoms with Crippen LogP contribution in [0.5, 0.6) is 0 Å². The molecule has 0 spiro atoms. The predicted molar refractivity (Wildman–Crippen MR) is 104 cm³/mol. The number of sulfonamides is 1. The van der Waals surface area contributed by atoms with Gasteiger partial charge in [-0.25, -0.2) is 18.5 Å². The summed E-state index contributed by atoms with van der Waals surface area (Å²) in [6.45, 7) is 0.607. The van der Waals surface area contributed by atoms with Crippen LogP contribution in [-0.2, 0) is 16.4 Å². The molecule has 8 heteroatoms. The molecule has 0 radical (unpaired) electrons. The van der Waals surface area contributed by atoms with E-state index in [4.69, 9.17) is 5.14 Å². The van der Waals surface area contributed by atoms with Crippen molar-refractivity contribution in [3.63, 3.8) is 0 Å². The van der Waals surface area contributed by atoms with Crippen LogP contribution < -0.4 is 15.8 Å². The summed E-state index contributed by atoms with van der Waals surface area (Å²) in [4.78, 5) is 16.7. The molecule has 4 N–H and O–H groups in total. The van der Waals surface area contributed by atoms with E-state index in [1.807, 2.05) is 0 Å². The van der Waals surface area contributed by atoms with Gasteiger partial charge in [-0.3, -0.25) is 4.79 Å². The smallest absolute Gasteiger partial charge is 0.251 e. The molecule has 0 unspecified atom stereocenters. The number of hydrogen-bond acceptors (Lipinski definition) is 5. The number of nitrogens with one attached hydrogen (secondary N) is 2. The van der Waals surface area contributed by atoms with Crippen LogP contribution in [0.15, 0.2) is 47.5 Å². The Balaban J connectivity index is 1.53. The third-order valence-electron chi connectivity index (χ3n) is 4.68. The van der Waals surface area contributed by atoms with Gasteiger partial charge in [-0.15, -0.1) is 0 Å². The maximum Gasteiger partial charge on any atom is 0.251 e. The number of hydrogen-bond donors (Lipinski definition) is 3. The molecule has 3 rings (SSSR count). The minimum atomic E-state index is -3.67. The van der Waals surface area contributed by atoms with Gasteiger partial charge in [0.2, 0.25) is 10.0 Å². The molecular formula is C19H24N4O3S. The molecule has 2 aromatic rings. The highest BCUT2D eigenvalue weighted by atomic mass is 32.2. The van der Waals surface area contributed by atoms with Crippen molar-refractivity contribution in [3.8, 4) is 0 Å². The van der Waals surface area contributed by atoms with Crippen molar-refractivity contribution < 1.29 is 13.2 Å². The van der Waals surface area contributed by atoms with Crippen molar-refractivity contribution in [1.82, 2.24) is 10.3 Å². The van der Waals surface area contributed by atoms with Crippen molar-refractivity contribution in [1.29, 1.82) is 0 Å². The van der Waals surface area contributed by atoms with Crippen LogP contribution in [0.3, 0.4) is 0 Å². The third kappa shape index (κ3) is 5.51. The first-order valence-corrected chi connectivity index (χ1v) is 10.6. The van der Waals surface area contributed by atoms with Crippen LogP contribution >= 0.6 is 0 Å². The molecule has 0 aliphatic heterocycles. The number of rotatable bonds is 7. The van der Waals surface area contributed by atoms with Crippen molar-refractivity contribution in [2.45, 2.75) is 43.0 Å². The molecule has 1 aromatic heterocycles. The Morgan fingerprint density at radius 3 is 2.52 bits per heavy atom. The summed E-state index contributed by atoms with van der Waals surface area (Å²) in [6.07, 6.45) is 6.74. The van der Waals surface area contributed by atoms with Gasteiger partial charge < -0.3 is 10.6 Å². The lowest BCUT2D eigenvalue weighted by Crippen LogP contribution is -2.32. The first kappa shape index (κ1) is 19.3. The van der Waals surface area contributed by atoms with Crippen molar-refractivity contribution in [2.24, 2.45) is 5.14 Å². The number of nitrogens with zero attached hydrogens (tertiary/aromatic N) is 1. The second-order valence-corrected chi connectivity index (χ2v) is 8.31. The van der Waals surface area contributed by atoms with Gasteiger partial charge in [-0.2, -0.15) is 0 Å². The highest BCUT2D eigenvalue weighted by Gasteiger charge is 2.18. The van der Waals surface area contributed by atoms with Crippen molar-refractivity contribution in [2.75, 3.05) is 11.9 Å². The number of pyridine rings is 1. The Hall–Kier alpha value is -2.45. The van der Waals surface area contributed by atoms with Gasteiger partial charge >= 0.3 is 0 Å². The van der Waals surface area contributed by atoms with E-state index in [1.165, 1.54) is 25.0 Å². The van der Waals surface area contributed by atoms with E-state index in [2.05, 4.69) is 15.6 Å². The van der Waals surface area contributed by atoms with E-state index < -0.39 is 10.0 Å². The Labute approximate surface area is 159 Å². The molecule has 0 bridgehead atoms. The van der Waals surface area contributed by atoms with E-state index in [-0.39, 0.29) is 16.8 Å². The minimum absolute atomic E-state index is 0.0640. The Morgan fingerprint density at radius 1 is 1.15 bits per heavy atom. The van der Waals surface area contributed by atoms with Gasteiger partial charge in [0.1, 0.15) is 5.82 Å². The lowest BCUT2D eigenvalue weighted by molar-refractivity contribution is 0.0938. The maximum absolute atomic E-state index is 12.3. The fourth-order valence-electron chi connectivity index (χ4n) is 3.19. The number of carbonyl (C=O) groups excluding carboxylic acids is 1. The molecular weight excluding hydrogens is 364 g/mol. The number of carbonyl (C=O) groups is 1. The lowest BCUT2D eigenvalue weighted by Gasteiger charge is -2.12. The molecule has 0 saturated heterocycles. The molecule has 1 amide bonds. The maximum atomic E-state index is 12.3. The molecule has 0 atom stereocenters. The monoisotopic (exact) mass is 388 g/mol. The summed E-state index contributed by atoms with van der Waals surface area (Å²) in [7, 11) is -3.67. The first-order valence-electron chi connectivity index (χ1n) is 9.04. The molecule has 1 heterocycles. The van der Waals surface area contributed by atoms with E-state index >= 15 is 0 Å². The lowest BCUT2D eigenvalue weighted by atomic mass is 10.1. The van der Waals surface area contributed by atoms with Gasteiger partial charge in [0, 0.05) is 24.3 Å². The van der Waals surface area contributed by atoms with Crippen LogP contribution in [0.25, 0.3) is 0 Å². The van der Waals surface area contributed by atoms with Crippen LogP contribution in [0.1, 0.15) is 41.6 Å². The summed E-state index contributed by atoms with van der Waals surface area (Å²) < 4.78 is 22.5. The van der Waals surface area contributed by atoms with Crippen LogP contribution in [0, 0.1) is 0 Å². The number of primary sulfonamides is 1. The van der Waals surface area contributed by atoms with E-state index in [1.54, 1.807) is 30.5 Å². The second kappa shape index (κ2) is 8.49. The molecule has 1 saturated carbocycles. The Morgan fingerprint density at radius 2 is 1.85 bits per heavy atom. The molecule has 7 nitrogen and oxygen atoms in total. The van der Waals surface area contributed by atoms with Crippen molar-refractivity contribution >= 4 is 21.7 Å². The second-order valence-electron chi connectivity index (χ2n) is 6.75. The van der Waals surface area contributed by atoms with Crippen LogP contribution in [-0.4, -0.2) is 31.9 Å². The molecule has 1 fully saturated rings. The average Bonchev–Trinajstić information content (AvgIpc) is 3.15. The van der Waals surface area contributed by atoms with Gasteiger partial charge in [0.05, 0.1) is 4.90 Å². The molecule has 1 aliphatic carbocycles. The minimum Gasteiger partial charge on any atom is -0.370 e. The highest BCUT2D eigenvalue weighted by molar-refractivity contribution is 7.89. The normalized spacial score (nSPS) is 14.9. The Bertz CT molecular complexity index is 891. The van der Waals surface area contributed by atoms with Gasteiger partial charge in [0.15, 0.2) is 0 Å². The standard InChI is InChI=1S/C19H24N4O3S/c20-27(25,26)17-7-5-14(6-8-17)9-11-21-18-13-15(10-12-22-18)19(24)23-16-3-1-2-4-16/h5-8,10,12-13,16H,1-4,9,11H2,(H,21,22)(H,23,24)(H2,20,25,26). The third-order valence-corrected chi connectivity index (χ3v) is 5.61. The number of benzene rings is 1. The molecule has 1 aromatic carbocycles. The fraction of sp³-hybridized carbons (Fsp3) is 0.368. The molecule has 27 heavy (non-hydrogen) atoms. The SMILES string of the molecule is NS(=O)(=O)c1ccc(CCNc2cc(C(=O)NC3CCCC3)ccn2)cc1. The predicted octanol–water partition coefficient (Wildman–Crippen LogP) is 2.06.